The number of benzene rings is 2. The second kappa shape index (κ2) is 13.4. The number of aromatic nitrogens is 8. The van der Waals surface area contributed by atoms with Crippen LogP contribution in [0.25, 0.3) is 11.2 Å². The third-order valence-electron chi connectivity index (χ3n) is 8.94. The van der Waals surface area contributed by atoms with Crippen molar-refractivity contribution in [2.45, 2.75) is 62.2 Å². The number of hydrogen-bond acceptors (Lipinski definition) is 12. The summed E-state index contributed by atoms with van der Waals surface area (Å²) >= 11 is 0. The number of carbonyl (C=O) groups excluding carboxylic acids is 1. The first-order chi connectivity index (χ1) is 23.7. The maximum Gasteiger partial charge on any atom is 0.490 e. The number of fused-ring (bicyclic) bond motifs is 1. The van der Waals surface area contributed by atoms with Crippen LogP contribution in [0.4, 0.5) is 24.9 Å². The van der Waals surface area contributed by atoms with Crippen LogP contribution >= 0.6 is 0 Å². The number of aliphatic hydroxyl groups is 1. The monoisotopic (exact) mass is 677 g/mol. The van der Waals surface area contributed by atoms with Crippen LogP contribution in [0.15, 0.2) is 67.0 Å². The van der Waals surface area contributed by atoms with Gasteiger partial charge in [-0.25, -0.2) is 9.78 Å². The SMILES string of the molecule is Cc1nnn([C@H]2C[C@@H](n3cnc4c(NCC(c5ccccc5)c5ccccc5)nc(N[C@H]5CCNC5)nc43)[C@H](O)[C@@H]2OC(=O)C(F)(F)F)n1. The highest BCUT2D eigenvalue weighted by Gasteiger charge is 2.52. The number of aliphatic hydroxyl groups excluding tert-OH is 1. The number of hydrogen-bond donors (Lipinski definition) is 4. The Kier molecular flexibility index (Phi) is 8.85. The molecule has 1 saturated carbocycles. The van der Waals surface area contributed by atoms with Crippen molar-refractivity contribution < 1.29 is 27.8 Å². The molecule has 3 aromatic heterocycles. The molecule has 256 valence electrons. The molecule has 0 bridgehead atoms. The molecule has 0 radical (unpaired) electrons. The van der Waals surface area contributed by atoms with Gasteiger partial charge in [0.25, 0.3) is 0 Å². The van der Waals surface area contributed by atoms with Gasteiger partial charge in [-0.3, -0.25) is 0 Å². The summed E-state index contributed by atoms with van der Waals surface area (Å²) in [6.45, 7) is 3.57. The molecule has 0 unspecified atom stereocenters. The second-order valence-electron chi connectivity index (χ2n) is 12.2. The highest BCUT2D eigenvalue weighted by molar-refractivity contribution is 5.84. The molecule has 5 aromatic rings. The van der Waals surface area contributed by atoms with Crippen molar-refractivity contribution in [1.82, 2.24) is 45.0 Å². The van der Waals surface area contributed by atoms with Crippen molar-refractivity contribution in [1.29, 1.82) is 0 Å². The van der Waals surface area contributed by atoms with Gasteiger partial charge in [0.15, 0.2) is 28.9 Å². The number of aryl methyl sites for hydroxylation is 1. The van der Waals surface area contributed by atoms with Crippen LogP contribution in [0.3, 0.4) is 0 Å². The quantitative estimate of drug-likeness (QED) is 0.160. The van der Waals surface area contributed by atoms with Crippen LogP contribution in [0.5, 0.6) is 0 Å². The van der Waals surface area contributed by atoms with Gasteiger partial charge in [0.1, 0.15) is 12.1 Å². The van der Waals surface area contributed by atoms with Crippen molar-refractivity contribution in [3.63, 3.8) is 0 Å². The molecule has 2 aromatic carbocycles. The Bertz CT molecular complexity index is 1860. The van der Waals surface area contributed by atoms with Gasteiger partial charge in [-0.05, 0) is 42.7 Å². The van der Waals surface area contributed by atoms with Crippen molar-refractivity contribution >= 4 is 28.9 Å². The van der Waals surface area contributed by atoms with E-state index in [0.29, 0.717) is 36.0 Å². The number of tetrazole rings is 1. The van der Waals surface area contributed by atoms with Crippen LogP contribution in [0.1, 0.15) is 47.8 Å². The summed E-state index contributed by atoms with van der Waals surface area (Å²) in [6.07, 6.45) is -6.20. The zero-order valence-electron chi connectivity index (χ0n) is 26.3. The fraction of sp³-hybridized carbons (Fsp3) is 0.406. The Balaban J connectivity index is 1.25. The summed E-state index contributed by atoms with van der Waals surface area (Å²) in [6, 6.07) is 18.2. The van der Waals surface area contributed by atoms with E-state index in [1.807, 2.05) is 36.4 Å². The lowest BCUT2D eigenvalue weighted by Gasteiger charge is -2.23. The summed E-state index contributed by atoms with van der Waals surface area (Å²) in [7, 11) is 0. The third-order valence-corrected chi connectivity index (χ3v) is 8.94. The summed E-state index contributed by atoms with van der Waals surface area (Å²) in [5.74, 6) is -1.45. The lowest BCUT2D eigenvalue weighted by Crippen LogP contribution is -2.39. The number of anilines is 2. The van der Waals surface area contributed by atoms with Gasteiger partial charge in [-0.15, -0.1) is 10.2 Å². The highest BCUT2D eigenvalue weighted by atomic mass is 19.4. The Morgan fingerprint density at radius 1 is 1.08 bits per heavy atom. The molecule has 5 atom stereocenters. The van der Waals surface area contributed by atoms with Gasteiger partial charge in [-0.2, -0.15) is 27.9 Å². The number of rotatable bonds is 10. The summed E-state index contributed by atoms with van der Waals surface area (Å²) in [4.78, 5) is 27.2. The Morgan fingerprint density at radius 2 is 1.80 bits per heavy atom. The topological polar surface area (TPSA) is 170 Å². The minimum absolute atomic E-state index is 0.00953. The molecule has 1 aliphatic carbocycles. The average Bonchev–Trinajstić information content (AvgIpc) is 3.91. The summed E-state index contributed by atoms with van der Waals surface area (Å²) in [5.41, 5.74) is 2.92. The van der Waals surface area contributed by atoms with Crippen LogP contribution in [0, 0.1) is 6.92 Å². The number of imidazole rings is 1. The molecule has 1 saturated heterocycles. The zero-order valence-corrected chi connectivity index (χ0v) is 26.3. The maximum absolute atomic E-state index is 13.3. The lowest BCUT2D eigenvalue weighted by atomic mass is 9.91. The fourth-order valence-electron chi connectivity index (χ4n) is 6.55. The van der Waals surface area contributed by atoms with Gasteiger partial charge in [0.2, 0.25) is 5.95 Å². The van der Waals surface area contributed by atoms with E-state index >= 15 is 0 Å². The van der Waals surface area contributed by atoms with Gasteiger partial charge >= 0.3 is 12.1 Å². The first-order valence-electron chi connectivity index (χ1n) is 15.9. The highest BCUT2D eigenvalue weighted by Crippen LogP contribution is 2.42. The molecule has 0 spiro atoms. The largest absolute Gasteiger partial charge is 0.490 e. The normalized spacial score (nSPS) is 22.5. The molecule has 4 heterocycles. The van der Waals surface area contributed by atoms with E-state index in [2.05, 4.69) is 60.6 Å². The number of halogens is 3. The van der Waals surface area contributed by atoms with E-state index in [1.165, 1.54) is 6.33 Å². The van der Waals surface area contributed by atoms with Gasteiger partial charge in [-0.1, -0.05) is 60.7 Å². The van der Waals surface area contributed by atoms with Crippen LogP contribution in [-0.2, 0) is 9.53 Å². The van der Waals surface area contributed by atoms with E-state index in [4.69, 9.17) is 14.7 Å². The first kappa shape index (κ1) is 32.4. The number of carbonyl (C=O) groups is 1. The van der Waals surface area contributed by atoms with E-state index in [-0.39, 0.29) is 24.2 Å². The summed E-state index contributed by atoms with van der Waals surface area (Å²) in [5, 5.41) is 33.5. The predicted molar refractivity (Wildman–Crippen MR) is 171 cm³/mol. The smallest absolute Gasteiger partial charge is 0.450 e. The molecule has 2 fully saturated rings. The van der Waals surface area contributed by atoms with Crippen molar-refractivity contribution in [2.24, 2.45) is 0 Å². The van der Waals surface area contributed by atoms with E-state index in [0.717, 1.165) is 28.9 Å². The molecule has 2 aliphatic rings. The third kappa shape index (κ3) is 6.76. The van der Waals surface area contributed by atoms with Crippen LogP contribution in [0.2, 0.25) is 0 Å². The molecule has 7 rings (SSSR count). The molecular weight excluding hydrogens is 643 g/mol. The van der Waals surface area contributed by atoms with E-state index in [9.17, 15) is 23.1 Å². The van der Waals surface area contributed by atoms with Crippen molar-refractivity contribution in [3.05, 3.63) is 83.9 Å². The lowest BCUT2D eigenvalue weighted by molar-refractivity contribution is -0.210. The zero-order chi connectivity index (χ0) is 34.1. The second-order valence-corrected chi connectivity index (χ2v) is 12.2. The molecule has 0 amide bonds. The number of nitrogens with one attached hydrogen (secondary N) is 3. The molecular formula is C32H34F3N11O3. The number of ether oxygens (including phenoxy) is 1. The molecule has 14 nitrogen and oxygen atoms in total. The molecule has 1 aliphatic heterocycles. The predicted octanol–water partition coefficient (Wildman–Crippen LogP) is 3.16. The number of alkyl halides is 3. The molecule has 4 N–H and O–H groups in total. The first-order valence-corrected chi connectivity index (χ1v) is 15.9. The van der Waals surface area contributed by atoms with E-state index in [1.54, 1.807) is 11.5 Å². The standard InChI is InChI=1S/C32H34F3N11O3/c1-18-42-44-46(43-18)24-14-23(26(47)27(24)49-30(48)32(33,34)35)45-17-38-25-28(40-31(41-29(25)45)39-21-12-13-36-15-21)37-16-22(19-8-4-2-5-9-19)20-10-6-3-7-11-20/h2-11,17,21-24,26-27,36,47H,12-16H2,1H3,(H2,37,39,40,41)/t21-,23+,24-,26-,27+/m0/s1. The van der Waals surface area contributed by atoms with E-state index < -0.39 is 36.4 Å². The minimum Gasteiger partial charge on any atom is -0.450 e. The Labute approximate surface area is 278 Å². The van der Waals surface area contributed by atoms with Crippen LogP contribution in [-0.4, -0.2) is 94.9 Å². The van der Waals surface area contributed by atoms with Crippen LogP contribution < -0.4 is 16.0 Å². The molecule has 17 heteroatoms. The Morgan fingerprint density at radius 3 is 2.41 bits per heavy atom. The average molecular weight is 678 g/mol. The van der Waals surface area contributed by atoms with Crippen molar-refractivity contribution in [3.8, 4) is 0 Å². The molecule has 49 heavy (non-hydrogen) atoms. The van der Waals surface area contributed by atoms with Crippen molar-refractivity contribution in [2.75, 3.05) is 30.3 Å². The van der Waals surface area contributed by atoms with Gasteiger partial charge in [0.05, 0.1) is 12.4 Å². The minimum atomic E-state index is -5.27. The van der Waals surface area contributed by atoms with Gasteiger partial charge < -0.3 is 30.4 Å². The maximum atomic E-state index is 13.3. The fourth-order valence-corrected chi connectivity index (χ4v) is 6.55. The number of nitrogens with zero attached hydrogens (tertiary/aromatic N) is 8. The number of esters is 1. The van der Waals surface area contributed by atoms with Gasteiger partial charge in [0, 0.05) is 25.0 Å². The summed E-state index contributed by atoms with van der Waals surface area (Å²) < 4.78 is 46.3. The Hall–Kier alpha value is -5.16.